The third-order valence-electron chi connectivity index (χ3n) is 4.06. The molecular formula is C13H22N4OS. The molecule has 0 amide bonds. The van der Waals surface area contributed by atoms with E-state index in [2.05, 4.69) is 21.7 Å². The molecule has 2 N–H and O–H groups in total. The topological polar surface area (TPSA) is 54.6 Å². The molecule has 0 saturated carbocycles. The van der Waals surface area contributed by atoms with Crippen LogP contribution >= 0.6 is 11.3 Å². The van der Waals surface area contributed by atoms with E-state index < -0.39 is 0 Å². The lowest BCUT2D eigenvalue weighted by Crippen LogP contribution is -2.44. The van der Waals surface area contributed by atoms with E-state index in [-0.39, 0.29) is 0 Å². The molecule has 1 atom stereocenters. The first-order valence-corrected chi connectivity index (χ1v) is 7.82. The molecule has 0 spiro atoms. The minimum atomic E-state index is 0.601. The predicted molar refractivity (Wildman–Crippen MR) is 77.8 cm³/mol. The highest BCUT2D eigenvalue weighted by Gasteiger charge is 2.30. The van der Waals surface area contributed by atoms with Crippen molar-refractivity contribution in [3.8, 4) is 0 Å². The molecule has 0 aliphatic carbocycles. The number of anilines is 1. The van der Waals surface area contributed by atoms with Crippen LogP contribution in [0.2, 0.25) is 0 Å². The zero-order valence-corrected chi connectivity index (χ0v) is 12.3. The van der Waals surface area contributed by atoms with Gasteiger partial charge in [0.2, 0.25) is 0 Å². The van der Waals surface area contributed by atoms with Crippen LogP contribution in [0.3, 0.4) is 0 Å². The Balaban J connectivity index is 1.64. The Hall–Kier alpha value is -0.690. The summed E-state index contributed by atoms with van der Waals surface area (Å²) in [6.45, 7) is 8.76. The van der Waals surface area contributed by atoms with Crippen molar-refractivity contribution in [3.63, 3.8) is 0 Å². The molecule has 0 aromatic carbocycles. The minimum absolute atomic E-state index is 0.601. The van der Waals surface area contributed by atoms with Gasteiger partial charge in [-0.1, -0.05) is 0 Å². The maximum Gasteiger partial charge on any atom is 0.185 e. The molecule has 2 fully saturated rings. The lowest BCUT2D eigenvalue weighted by molar-refractivity contribution is 0.0209. The van der Waals surface area contributed by atoms with E-state index in [9.17, 15) is 0 Å². The Labute approximate surface area is 118 Å². The van der Waals surface area contributed by atoms with Crippen LogP contribution in [-0.2, 0) is 11.3 Å². The Morgan fingerprint density at radius 2 is 2.16 bits per heavy atom. The number of nitrogens with two attached hydrogens (primary N) is 1. The standard InChI is InChI=1S/C13H22N4OS/c1-10-12(8-14)19-13(15-10)17-3-2-11(9-17)16-4-6-18-7-5-16/h11H,2-9,14H2,1H3. The van der Waals surface area contributed by atoms with E-state index in [1.807, 2.05) is 0 Å². The first-order valence-electron chi connectivity index (χ1n) is 7.01. The third kappa shape index (κ3) is 2.76. The van der Waals surface area contributed by atoms with Crippen LogP contribution in [0.25, 0.3) is 0 Å². The van der Waals surface area contributed by atoms with Gasteiger partial charge in [-0.15, -0.1) is 11.3 Å². The van der Waals surface area contributed by atoms with Crippen molar-refractivity contribution >= 4 is 16.5 Å². The van der Waals surface area contributed by atoms with Crippen molar-refractivity contribution < 1.29 is 4.74 Å². The van der Waals surface area contributed by atoms with Gasteiger partial charge in [0.25, 0.3) is 0 Å². The number of thiazole rings is 1. The first kappa shape index (κ1) is 13.3. The summed E-state index contributed by atoms with van der Waals surface area (Å²) in [6.07, 6.45) is 1.23. The fourth-order valence-electron chi connectivity index (χ4n) is 2.89. The van der Waals surface area contributed by atoms with E-state index >= 15 is 0 Å². The minimum Gasteiger partial charge on any atom is -0.379 e. The molecule has 2 aliphatic rings. The van der Waals surface area contributed by atoms with E-state index in [1.54, 1.807) is 11.3 Å². The van der Waals surface area contributed by atoms with Crippen LogP contribution in [0.1, 0.15) is 17.0 Å². The van der Waals surface area contributed by atoms with E-state index in [0.29, 0.717) is 12.6 Å². The lowest BCUT2D eigenvalue weighted by atomic mass is 10.2. The maximum atomic E-state index is 5.74. The number of morpholine rings is 1. The number of rotatable bonds is 3. The summed E-state index contributed by atoms with van der Waals surface area (Å²) in [5, 5.41) is 1.15. The molecule has 3 heterocycles. The van der Waals surface area contributed by atoms with Gasteiger partial charge in [-0.2, -0.15) is 0 Å². The van der Waals surface area contributed by atoms with Crippen molar-refractivity contribution in [1.82, 2.24) is 9.88 Å². The van der Waals surface area contributed by atoms with Crippen molar-refractivity contribution in [2.45, 2.75) is 25.9 Å². The van der Waals surface area contributed by atoms with Crippen molar-refractivity contribution in [2.24, 2.45) is 5.73 Å². The van der Waals surface area contributed by atoms with E-state index in [0.717, 1.165) is 50.2 Å². The summed E-state index contributed by atoms with van der Waals surface area (Å²) in [6, 6.07) is 0.662. The lowest BCUT2D eigenvalue weighted by Gasteiger charge is -2.32. The van der Waals surface area contributed by atoms with Gasteiger partial charge in [0.05, 0.1) is 18.9 Å². The Kier molecular flexibility index (Phi) is 4.02. The molecule has 1 unspecified atom stereocenters. The summed E-state index contributed by atoms with van der Waals surface area (Å²) < 4.78 is 5.42. The van der Waals surface area contributed by atoms with Crippen LogP contribution in [0.15, 0.2) is 0 Å². The Morgan fingerprint density at radius 3 is 2.84 bits per heavy atom. The molecule has 106 valence electrons. The molecule has 3 rings (SSSR count). The molecule has 6 heteroatoms. The summed E-state index contributed by atoms with van der Waals surface area (Å²) >= 11 is 1.75. The molecule has 0 radical (unpaired) electrons. The molecule has 1 aromatic rings. The Morgan fingerprint density at radius 1 is 1.37 bits per heavy atom. The number of hydrogen-bond acceptors (Lipinski definition) is 6. The highest BCUT2D eigenvalue weighted by atomic mass is 32.1. The zero-order chi connectivity index (χ0) is 13.2. The van der Waals surface area contributed by atoms with Gasteiger partial charge in [-0.25, -0.2) is 4.98 Å². The Bertz CT molecular complexity index is 430. The third-order valence-corrected chi connectivity index (χ3v) is 5.30. The van der Waals surface area contributed by atoms with Crippen molar-refractivity contribution in [1.29, 1.82) is 0 Å². The highest BCUT2D eigenvalue weighted by molar-refractivity contribution is 7.15. The van der Waals surface area contributed by atoms with Gasteiger partial charge in [0, 0.05) is 43.6 Å². The second-order valence-electron chi connectivity index (χ2n) is 5.25. The fourth-order valence-corrected chi connectivity index (χ4v) is 3.87. The van der Waals surface area contributed by atoms with Crippen LogP contribution in [0, 0.1) is 6.92 Å². The molecular weight excluding hydrogens is 260 g/mol. The van der Waals surface area contributed by atoms with Crippen LogP contribution in [0.5, 0.6) is 0 Å². The van der Waals surface area contributed by atoms with Crippen LogP contribution < -0.4 is 10.6 Å². The number of nitrogens with zero attached hydrogens (tertiary/aromatic N) is 3. The largest absolute Gasteiger partial charge is 0.379 e. The van der Waals surface area contributed by atoms with Gasteiger partial charge in [0.15, 0.2) is 5.13 Å². The van der Waals surface area contributed by atoms with Gasteiger partial charge in [0.1, 0.15) is 0 Å². The second-order valence-corrected chi connectivity index (χ2v) is 6.31. The summed E-state index contributed by atoms with van der Waals surface area (Å²) in [7, 11) is 0. The number of aryl methyl sites for hydroxylation is 1. The number of aromatic nitrogens is 1. The average molecular weight is 282 g/mol. The normalized spacial score (nSPS) is 25.2. The van der Waals surface area contributed by atoms with E-state index in [4.69, 9.17) is 10.5 Å². The molecule has 0 bridgehead atoms. The van der Waals surface area contributed by atoms with Crippen LogP contribution in [-0.4, -0.2) is 55.3 Å². The molecule has 19 heavy (non-hydrogen) atoms. The predicted octanol–water partition coefficient (Wildman–Crippen LogP) is 0.821. The molecule has 5 nitrogen and oxygen atoms in total. The van der Waals surface area contributed by atoms with Crippen LogP contribution in [0.4, 0.5) is 5.13 Å². The number of hydrogen-bond donors (Lipinski definition) is 1. The second kappa shape index (κ2) is 5.75. The van der Waals surface area contributed by atoms with Gasteiger partial charge in [-0.3, -0.25) is 4.90 Å². The van der Waals surface area contributed by atoms with Crippen molar-refractivity contribution in [3.05, 3.63) is 10.6 Å². The summed E-state index contributed by atoms with van der Waals surface area (Å²) in [5.41, 5.74) is 6.83. The summed E-state index contributed by atoms with van der Waals surface area (Å²) in [4.78, 5) is 10.9. The maximum absolute atomic E-state index is 5.74. The average Bonchev–Trinajstić information content (AvgIpc) is 3.06. The smallest absolute Gasteiger partial charge is 0.185 e. The van der Waals surface area contributed by atoms with Gasteiger partial charge in [-0.05, 0) is 13.3 Å². The first-order chi connectivity index (χ1) is 9.28. The quantitative estimate of drug-likeness (QED) is 0.889. The fraction of sp³-hybridized carbons (Fsp3) is 0.769. The zero-order valence-electron chi connectivity index (χ0n) is 11.5. The van der Waals surface area contributed by atoms with Gasteiger partial charge >= 0.3 is 0 Å². The summed E-state index contributed by atoms with van der Waals surface area (Å²) in [5.74, 6) is 0. The monoisotopic (exact) mass is 282 g/mol. The highest BCUT2D eigenvalue weighted by Crippen LogP contribution is 2.29. The molecule has 2 aliphatic heterocycles. The number of ether oxygens (including phenoxy) is 1. The SMILES string of the molecule is Cc1nc(N2CCC(N3CCOCC3)C2)sc1CN. The molecule has 1 aromatic heterocycles. The van der Waals surface area contributed by atoms with Crippen molar-refractivity contribution in [2.75, 3.05) is 44.3 Å². The van der Waals surface area contributed by atoms with Gasteiger partial charge < -0.3 is 15.4 Å². The molecule has 2 saturated heterocycles. The van der Waals surface area contributed by atoms with E-state index in [1.165, 1.54) is 11.3 Å².